The Kier molecular flexibility index (Phi) is 3.58. The Morgan fingerprint density at radius 1 is 1.59 bits per heavy atom. The molecule has 0 aliphatic heterocycles. The maximum atomic E-state index is 11.1. The maximum Gasteiger partial charge on any atom is 0.326 e. The van der Waals surface area contributed by atoms with Gasteiger partial charge in [-0.2, -0.15) is 0 Å². The maximum absolute atomic E-state index is 11.1. The molecule has 0 spiro atoms. The third kappa shape index (κ3) is 2.55. The molecule has 2 rings (SSSR count). The number of hydrogen-bond donors (Lipinski definition) is 2. The van der Waals surface area contributed by atoms with Crippen molar-refractivity contribution in [1.29, 1.82) is 0 Å². The molecule has 17 heavy (non-hydrogen) atoms. The first-order valence-electron chi connectivity index (χ1n) is 5.54. The van der Waals surface area contributed by atoms with Crippen molar-refractivity contribution in [2.24, 2.45) is 0 Å². The van der Waals surface area contributed by atoms with Gasteiger partial charge in [-0.25, -0.2) is 4.79 Å². The molecule has 4 nitrogen and oxygen atoms in total. The van der Waals surface area contributed by atoms with Crippen LogP contribution in [0.1, 0.15) is 19.8 Å². The number of carbonyl (C=O) groups is 1. The van der Waals surface area contributed by atoms with Gasteiger partial charge in [0.05, 0.1) is 15.9 Å². The second-order valence-corrected chi connectivity index (χ2v) is 4.73. The van der Waals surface area contributed by atoms with Crippen molar-refractivity contribution in [1.82, 2.24) is 4.98 Å². The largest absolute Gasteiger partial charge is 0.480 e. The molecule has 0 bridgehead atoms. The molecule has 0 aliphatic rings. The van der Waals surface area contributed by atoms with E-state index >= 15 is 0 Å². The van der Waals surface area contributed by atoms with E-state index in [2.05, 4.69) is 10.3 Å². The molecule has 2 aromatic heterocycles. The van der Waals surface area contributed by atoms with E-state index in [1.54, 1.807) is 17.5 Å². The topological polar surface area (TPSA) is 62.2 Å². The van der Waals surface area contributed by atoms with E-state index in [4.69, 9.17) is 5.11 Å². The normalized spacial score (nSPS) is 12.5. The van der Waals surface area contributed by atoms with Crippen LogP contribution in [0.2, 0.25) is 0 Å². The zero-order valence-electron chi connectivity index (χ0n) is 9.51. The van der Waals surface area contributed by atoms with Gasteiger partial charge in [0.25, 0.3) is 0 Å². The summed E-state index contributed by atoms with van der Waals surface area (Å²) in [5.74, 6) is -0.812. The first-order chi connectivity index (χ1) is 8.22. The van der Waals surface area contributed by atoms with Crippen LogP contribution in [-0.4, -0.2) is 22.1 Å². The lowest BCUT2D eigenvalue weighted by Gasteiger charge is -2.15. The number of hydrogen-bond acceptors (Lipinski definition) is 4. The smallest absolute Gasteiger partial charge is 0.326 e. The van der Waals surface area contributed by atoms with Gasteiger partial charge in [0.2, 0.25) is 0 Å². The molecule has 1 unspecified atom stereocenters. The Balaban J connectivity index is 2.27. The van der Waals surface area contributed by atoms with Gasteiger partial charge in [-0.05, 0) is 23.9 Å². The van der Waals surface area contributed by atoms with Crippen LogP contribution in [0.15, 0.2) is 23.7 Å². The summed E-state index contributed by atoms with van der Waals surface area (Å²) in [7, 11) is 0. The molecule has 5 heteroatoms. The summed E-state index contributed by atoms with van der Waals surface area (Å²) in [6.45, 7) is 1.98. The summed E-state index contributed by atoms with van der Waals surface area (Å²) < 4.78 is 1.01. The second kappa shape index (κ2) is 5.14. The Morgan fingerprint density at radius 3 is 3.12 bits per heavy atom. The van der Waals surface area contributed by atoms with Crippen molar-refractivity contribution < 1.29 is 9.90 Å². The number of aliphatic carboxylic acids is 1. The van der Waals surface area contributed by atoms with Crippen LogP contribution in [0.5, 0.6) is 0 Å². The Bertz CT molecular complexity index is 524. The van der Waals surface area contributed by atoms with Crippen LogP contribution in [0.25, 0.3) is 10.2 Å². The molecule has 1 atom stereocenters. The molecular formula is C12H14N2O2S. The molecule has 0 aliphatic carbocycles. The minimum Gasteiger partial charge on any atom is -0.480 e. The highest BCUT2D eigenvalue weighted by Crippen LogP contribution is 2.27. The standard InChI is InChI=1S/C12H14N2O2S/c1-2-3-10(12(15)16)14-9-4-6-13-8-5-7-17-11(8)9/h4-7,10H,2-3H2,1H3,(H,13,14)(H,15,16). The summed E-state index contributed by atoms with van der Waals surface area (Å²) in [4.78, 5) is 15.3. The van der Waals surface area contributed by atoms with Crippen LogP contribution in [0.4, 0.5) is 5.69 Å². The van der Waals surface area contributed by atoms with Gasteiger partial charge in [-0.1, -0.05) is 13.3 Å². The monoisotopic (exact) mass is 250 g/mol. The molecule has 2 heterocycles. The van der Waals surface area contributed by atoms with Crippen LogP contribution in [0, 0.1) is 0 Å². The number of fused-ring (bicyclic) bond motifs is 1. The van der Waals surface area contributed by atoms with Crippen LogP contribution >= 0.6 is 11.3 Å². The van der Waals surface area contributed by atoms with Gasteiger partial charge >= 0.3 is 5.97 Å². The van der Waals surface area contributed by atoms with Crippen molar-refractivity contribution >= 4 is 33.2 Å². The lowest BCUT2D eigenvalue weighted by molar-refractivity contribution is -0.138. The van der Waals surface area contributed by atoms with E-state index in [9.17, 15) is 4.79 Å². The van der Waals surface area contributed by atoms with Crippen LogP contribution in [-0.2, 0) is 4.79 Å². The summed E-state index contributed by atoms with van der Waals surface area (Å²) in [5.41, 5.74) is 1.76. The zero-order valence-corrected chi connectivity index (χ0v) is 10.3. The number of anilines is 1. The van der Waals surface area contributed by atoms with Crippen LogP contribution in [0.3, 0.4) is 0 Å². The van der Waals surface area contributed by atoms with Crippen LogP contribution < -0.4 is 5.32 Å². The quantitative estimate of drug-likeness (QED) is 0.856. The number of aromatic nitrogens is 1. The fourth-order valence-electron chi connectivity index (χ4n) is 1.72. The fraction of sp³-hybridized carbons (Fsp3) is 0.333. The first kappa shape index (κ1) is 11.9. The molecule has 0 amide bonds. The third-order valence-electron chi connectivity index (χ3n) is 2.55. The summed E-state index contributed by atoms with van der Waals surface area (Å²) in [6.07, 6.45) is 3.15. The number of carboxylic acids is 1. The van der Waals surface area contributed by atoms with E-state index < -0.39 is 12.0 Å². The van der Waals surface area contributed by atoms with Gasteiger partial charge in [-0.3, -0.25) is 4.98 Å². The summed E-state index contributed by atoms with van der Waals surface area (Å²) in [5, 5.41) is 14.1. The molecule has 2 aromatic rings. The molecule has 0 aromatic carbocycles. The summed E-state index contributed by atoms with van der Waals surface area (Å²) >= 11 is 1.57. The molecule has 2 N–H and O–H groups in total. The van der Waals surface area contributed by atoms with Crippen molar-refractivity contribution in [3.63, 3.8) is 0 Å². The van der Waals surface area contributed by atoms with Gasteiger partial charge in [-0.15, -0.1) is 11.3 Å². The van der Waals surface area contributed by atoms with Crippen molar-refractivity contribution in [3.05, 3.63) is 23.7 Å². The molecular weight excluding hydrogens is 236 g/mol. The number of rotatable bonds is 5. The Labute approximate surface area is 103 Å². The minimum absolute atomic E-state index is 0.535. The van der Waals surface area contributed by atoms with E-state index in [1.807, 2.05) is 24.4 Å². The van der Waals surface area contributed by atoms with Crippen molar-refractivity contribution in [2.45, 2.75) is 25.8 Å². The van der Waals surface area contributed by atoms with Gasteiger partial charge in [0.1, 0.15) is 6.04 Å². The highest BCUT2D eigenvalue weighted by molar-refractivity contribution is 7.17. The number of nitrogens with one attached hydrogen (secondary N) is 1. The van der Waals surface area contributed by atoms with Crippen molar-refractivity contribution in [2.75, 3.05) is 5.32 Å². The number of pyridine rings is 1. The zero-order chi connectivity index (χ0) is 12.3. The number of nitrogens with zero attached hydrogens (tertiary/aromatic N) is 1. The predicted octanol–water partition coefficient (Wildman–Crippen LogP) is 2.96. The van der Waals surface area contributed by atoms with E-state index in [0.29, 0.717) is 6.42 Å². The molecule has 0 saturated carbocycles. The molecule has 90 valence electrons. The van der Waals surface area contributed by atoms with Gasteiger partial charge in [0, 0.05) is 6.20 Å². The minimum atomic E-state index is -0.812. The Hall–Kier alpha value is -1.62. The van der Waals surface area contributed by atoms with Gasteiger partial charge in [0.15, 0.2) is 0 Å². The van der Waals surface area contributed by atoms with E-state index in [0.717, 1.165) is 22.3 Å². The predicted molar refractivity (Wildman–Crippen MR) is 69.6 cm³/mol. The average Bonchev–Trinajstić information content (AvgIpc) is 2.77. The fourth-order valence-corrected chi connectivity index (χ4v) is 2.55. The average molecular weight is 250 g/mol. The van der Waals surface area contributed by atoms with E-state index in [-0.39, 0.29) is 0 Å². The lowest BCUT2D eigenvalue weighted by Crippen LogP contribution is -2.28. The molecule has 0 saturated heterocycles. The number of thiophene rings is 1. The first-order valence-corrected chi connectivity index (χ1v) is 6.42. The lowest BCUT2D eigenvalue weighted by atomic mass is 10.1. The molecule has 0 fully saturated rings. The van der Waals surface area contributed by atoms with Crippen molar-refractivity contribution in [3.8, 4) is 0 Å². The van der Waals surface area contributed by atoms with E-state index in [1.165, 1.54) is 0 Å². The number of carboxylic acid groups (broad SMARTS) is 1. The second-order valence-electron chi connectivity index (χ2n) is 3.82. The summed E-state index contributed by atoms with van der Waals surface area (Å²) in [6, 6.07) is 3.22. The molecule has 0 radical (unpaired) electrons. The van der Waals surface area contributed by atoms with Gasteiger partial charge < -0.3 is 10.4 Å². The highest BCUT2D eigenvalue weighted by atomic mass is 32.1. The highest BCUT2D eigenvalue weighted by Gasteiger charge is 2.17. The SMILES string of the molecule is CCCC(Nc1ccnc2ccsc12)C(=O)O. The Morgan fingerprint density at radius 2 is 2.41 bits per heavy atom. The third-order valence-corrected chi connectivity index (χ3v) is 3.49.